The zero-order chi connectivity index (χ0) is 14.3. The quantitative estimate of drug-likeness (QED) is 0.802. The summed E-state index contributed by atoms with van der Waals surface area (Å²) in [6.07, 6.45) is 1.36. The van der Waals surface area contributed by atoms with Crippen molar-refractivity contribution in [2.45, 2.75) is 31.8 Å². The molecule has 1 aliphatic rings. The van der Waals surface area contributed by atoms with Crippen LogP contribution < -0.4 is 10.1 Å². The number of carbonyl (C=O) groups is 1. The van der Waals surface area contributed by atoms with Gasteiger partial charge in [0.2, 0.25) is 0 Å². The van der Waals surface area contributed by atoms with Crippen molar-refractivity contribution in [1.82, 2.24) is 10.3 Å². The molecule has 0 spiro atoms. The monoisotopic (exact) mass is 274 g/mol. The van der Waals surface area contributed by atoms with Crippen molar-refractivity contribution in [3.8, 4) is 5.75 Å². The van der Waals surface area contributed by atoms with E-state index in [1.165, 1.54) is 0 Å². The topological polar surface area (TPSA) is 74.4 Å². The van der Waals surface area contributed by atoms with Crippen LogP contribution in [0.2, 0.25) is 0 Å². The molecule has 1 aliphatic heterocycles. The lowest BCUT2D eigenvalue weighted by atomic mass is 9.93. The van der Waals surface area contributed by atoms with Crippen LogP contribution in [-0.4, -0.2) is 29.2 Å². The second kappa shape index (κ2) is 4.83. The summed E-state index contributed by atoms with van der Waals surface area (Å²) in [5.74, 6) is 0.00357. The first-order valence-electron chi connectivity index (χ1n) is 6.81. The first-order valence-corrected chi connectivity index (χ1v) is 6.81. The van der Waals surface area contributed by atoms with Crippen molar-refractivity contribution in [2.75, 3.05) is 7.11 Å². The van der Waals surface area contributed by atoms with Crippen LogP contribution in [0.25, 0.3) is 10.9 Å². The lowest BCUT2D eigenvalue weighted by Crippen LogP contribution is -2.44. The summed E-state index contributed by atoms with van der Waals surface area (Å²) in [5.41, 5.74) is 3.22. The van der Waals surface area contributed by atoms with E-state index >= 15 is 0 Å². The lowest BCUT2D eigenvalue weighted by Gasteiger charge is -2.28. The second-order valence-corrected chi connectivity index (χ2v) is 5.15. The number of fused-ring (bicyclic) bond motifs is 3. The van der Waals surface area contributed by atoms with Gasteiger partial charge in [-0.2, -0.15) is 0 Å². The van der Waals surface area contributed by atoms with Gasteiger partial charge in [-0.15, -0.1) is 0 Å². The molecule has 0 saturated carbocycles. The molecule has 3 rings (SSSR count). The van der Waals surface area contributed by atoms with Gasteiger partial charge in [0.15, 0.2) is 0 Å². The molecule has 1 aromatic carbocycles. The number of hydrogen-bond acceptors (Lipinski definition) is 3. The summed E-state index contributed by atoms with van der Waals surface area (Å²) in [6, 6.07) is 5.40. The summed E-state index contributed by atoms with van der Waals surface area (Å²) in [4.78, 5) is 14.7. The summed E-state index contributed by atoms with van der Waals surface area (Å²) >= 11 is 0. The fourth-order valence-electron chi connectivity index (χ4n) is 2.97. The van der Waals surface area contributed by atoms with Gasteiger partial charge in [0, 0.05) is 35.1 Å². The highest BCUT2D eigenvalue weighted by Gasteiger charge is 2.32. The molecule has 1 aromatic heterocycles. The van der Waals surface area contributed by atoms with Crippen molar-refractivity contribution in [2.24, 2.45) is 0 Å². The molecule has 20 heavy (non-hydrogen) atoms. The third kappa shape index (κ3) is 1.94. The zero-order valence-electron chi connectivity index (χ0n) is 11.6. The molecule has 5 nitrogen and oxygen atoms in total. The Bertz CT molecular complexity index is 662. The van der Waals surface area contributed by atoms with Crippen molar-refractivity contribution in [1.29, 1.82) is 0 Å². The molecule has 0 aliphatic carbocycles. The van der Waals surface area contributed by atoms with Gasteiger partial charge in [-0.25, -0.2) is 0 Å². The number of aromatic nitrogens is 1. The Morgan fingerprint density at radius 1 is 1.50 bits per heavy atom. The Morgan fingerprint density at radius 2 is 2.30 bits per heavy atom. The van der Waals surface area contributed by atoms with E-state index in [0.717, 1.165) is 34.3 Å². The number of carboxylic acids is 1. The SMILES string of the molecule is CCC1NC(C(=O)O)Cc2c1[nH]c1cc(OC)ccc21. The van der Waals surface area contributed by atoms with Crippen LogP contribution in [-0.2, 0) is 11.2 Å². The van der Waals surface area contributed by atoms with Crippen molar-refractivity contribution in [3.63, 3.8) is 0 Å². The van der Waals surface area contributed by atoms with E-state index in [9.17, 15) is 9.90 Å². The summed E-state index contributed by atoms with van der Waals surface area (Å²) in [7, 11) is 1.64. The number of H-pyrrole nitrogens is 1. The third-order valence-electron chi connectivity index (χ3n) is 4.01. The molecule has 2 aromatic rings. The van der Waals surface area contributed by atoms with Crippen LogP contribution in [0.4, 0.5) is 0 Å². The molecule has 0 fully saturated rings. The minimum absolute atomic E-state index is 0.0539. The number of rotatable bonds is 3. The van der Waals surface area contributed by atoms with Gasteiger partial charge in [0.25, 0.3) is 0 Å². The maximum absolute atomic E-state index is 11.3. The summed E-state index contributed by atoms with van der Waals surface area (Å²) < 4.78 is 5.24. The van der Waals surface area contributed by atoms with E-state index in [4.69, 9.17) is 4.74 Å². The molecule has 2 unspecified atom stereocenters. The van der Waals surface area contributed by atoms with Crippen LogP contribution in [0.1, 0.15) is 30.6 Å². The van der Waals surface area contributed by atoms with Crippen LogP contribution in [0, 0.1) is 0 Å². The first kappa shape index (κ1) is 13.0. The van der Waals surface area contributed by atoms with E-state index in [2.05, 4.69) is 17.2 Å². The Hall–Kier alpha value is -2.01. The highest BCUT2D eigenvalue weighted by atomic mass is 16.5. The Balaban J connectivity index is 2.13. The number of aromatic amines is 1. The average Bonchev–Trinajstić information content (AvgIpc) is 2.83. The summed E-state index contributed by atoms with van der Waals surface area (Å²) in [5, 5.41) is 13.6. The van der Waals surface area contributed by atoms with Gasteiger partial charge in [0.1, 0.15) is 11.8 Å². The fourth-order valence-corrected chi connectivity index (χ4v) is 2.97. The van der Waals surface area contributed by atoms with Crippen molar-refractivity contribution < 1.29 is 14.6 Å². The predicted molar refractivity (Wildman–Crippen MR) is 76.1 cm³/mol. The predicted octanol–water partition coefficient (Wildman–Crippen LogP) is 2.23. The minimum Gasteiger partial charge on any atom is -0.497 e. The van der Waals surface area contributed by atoms with E-state index in [1.54, 1.807) is 7.11 Å². The summed E-state index contributed by atoms with van der Waals surface area (Å²) in [6.45, 7) is 2.05. The van der Waals surface area contributed by atoms with E-state index in [-0.39, 0.29) is 6.04 Å². The van der Waals surface area contributed by atoms with Gasteiger partial charge in [-0.05, 0) is 24.1 Å². The fraction of sp³-hybridized carbons (Fsp3) is 0.400. The number of benzene rings is 1. The van der Waals surface area contributed by atoms with Crippen LogP contribution in [0.3, 0.4) is 0 Å². The largest absolute Gasteiger partial charge is 0.497 e. The molecule has 0 amide bonds. The Kier molecular flexibility index (Phi) is 3.14. The maximum atomic E-state index is 11.3. The molecule has 106 valence electrons. The van der Waals surface area contributed by atoms with E-state index in [0.29, 0.717) is 6.42 Å². The van der Waals surface area contributed by atoms with Crippen LogP contribution in [0.5, 0.6) is 5.75 Å². The molecule has 0 saturated heterocycles. The van der Waals surface area contributed by atoms with Gasteiger partial charge in [-0.3, -0.25) is 10.1 Å². The molecule has 0 radical (unpaired) electrons. The minimum atomic E-state index is -0.794. The molecular weight excluding hydrogens is 256 g/mol. The van der Waals surface area contributed by atoms with Crippen LogP contribution in [0.15, 0.2) is 18.2 Å². The third-order valence-corrected chi connectivity index (χ3v) is 4.01. The zero-order valence-corrected chi connectivity index (χ0v) is 11.6. The molecule has 2 atom stereocenters. The van der Waals surface area contributed by atoms with E-state index in [1.807, 2.05) is 18.2 Å². The second-order valence-electron chi connectivity index (χ2n) is 5.15. The standard InChI is InChI=1S/C15H18N2O3/c1-3-11-14-10(7-13(16-11)15(18)19)9-5-4-8(20-2)6-12(9)17-14/h4-6,11,13,16-17H,3,7H2,1-2H3,(H,18,19). The molecule has 0 bridgehead atoms. The van der Waals surface area contributed by atoms with Gasteiger partial charge >= 0.3 is 5.97 Å². The normalized spacial score (nSPS) is 21.7. The molecule has 3 N–H and O–H groups in total. The van der Waals surface area contributed by atoms with Gasteiger partial charge in [-0.1, -0.05) is 6.92 Å². The number of hydrogen-bond donors (Lipinski definition) is 3. The number of methoxy groups -OCH3 is 1. The lowest BCUT2D eigenvalue weighted by molar-refractivity contribution is -0.139. The number of aliphatic carboxylic acids is 1. The highest BCUT2D eigenvalue weighted by molar-refractivity contribution is 5.87. The number of nitrogens with one attached hydrogen (secondary N) is 2. The number of ether oxygens (including phenoxy) is 1. The van der Waals surface area contributed by atoms with E-state index < -0.39 is 12.0 Å². The highest BCUT2D eigenvalue weighted by Crippen LogP contribution is 2.34. The number of carboxylic acid groups (broad SMARTS) is 1. The average molecular weight is 274 g/mol. The Morgan fingerprint density at radius 3 is 2.95 bits per heavy atom. The molecular formula is C15H18N2O3. The first-order chi connectivity index (χ1) is 9.63. The van der Waals surface area contributed by atoms with Crippen molar-refractivity contribution in [3.05, 3.63) is 29.5 Å². The maximum Gasteiger partial charge on any atom is 0.321 e. The molecule has 2 heterocycles. The molecule has 5 heteroatoms. The smallest absolute Gasteiger partial charge is 0.321 e. The van der Waals surface area contributed by atoms with Crippen molar-refractivity contribution >= 4 is 16.9 Å². The van der Waals surface area contributed by atoms with Gasteiger partial charge in [0.05, 0.1) is 7.11 Å². The van der Waals surface area contributed by atoms with Crippen LogP contribution >= 0.6 is 0 Å². The Labute approximate surface area is 116 Å². The van der Waals surface area contributed by atoms with Gasteiger partial charge < -0.3 is 14.8 Å².